The van der Waals surface area contributed by atoms with Crippen molar-refractivity contribution in [2.75, 3.05) is 19.7 Å². The standard InChI is InChI=1S/C16H26N4O2/c1-5-17-9-12-8-13(12)14(21)20-16(3,4)10-22-15-11(2)18-6-7-19-15/h6-7,12-13,17H,5,8-10H2,1-4H3,(H,20,21)/t12?,13-/m0/s1. The van der Waals surface area contributed by atoms with E-state index in [4.69, 9.17) is 4.74 Å². The molecule has 1 aliphatic carbocycles. The molecular weight excluding hydrogens is 280 g/mol. The predicted octanol–water partition coefficient (Wildman–Crippen LogP) is 1.30. The van der Waals surface area contributed by atoms with E-state index in [-0.39, 0.29) is 11.8 Å². The van der Waals surface area contributed by atoms with Gasteiger partial charge in [0.25, 0.3) is 0 Å². The van der Waals surface area contributed by atoms with Crippen LogP contribution in [0.3, 0.4) is 0 Å². The summed E-state index contributed by atoms with van der Waals surface area (Å²) in [6.45, 7) is 10.1. The van der Waals surface area contributed by atoms with Crippen LogP contribution in [0.15, 0.2) is 12.4 Å². The van der Waals surface area contributed by atoms with E-state index in [2.05, 4.69) is 27.5 Å². The number of aryl methyl sites for hydroxylation is 1. The van der Waals surface area contributed by atoms with Gasteiger partial charge in [0.1, 0.15) is 6.61 Å². The third-order valence-electron chi connectivity index (χ3n) is 3.78. The van der Waals surface area contributed by atoms with Gasteiger partial charge in [-0.2, -0.15) is 0 Å². The Labute approximate surface area is 132 Å². The molecule has 122 valence electrons. The quantitative estimate of drug-likeness (QED) is 0.757. The van der Waals surface area contributed by atoms with E-state index >= 15 is 0 Å². The van der Waals surface area contributed by atoms with Crippen molar-refractivity contribution in [2.45, 2.75) is 39.7 Å². The van der Waals surface area contributed by atoms with Gasteiger partial charge in [-0.25, -0.2) is 4.98 Å². The maximum Gasteiger partial charge on any atom is 0.235 e. The van der Waals surface area contributed by atoms with Crippen molar-refractivity contribution in [2.24, 2.45) is 11.8 Å². The van der Waals surface area contributed by atoms with E-state index in [1.54, 1.807) is 12.4 Å². The lowest BCUT2D eigenvalue weighted by atomic mass is 10.1. The summed E-state index contributed by atoms with van der Waals surface area (Å²) in [7, 11) is 0. The zero-order valence-electron chi connectivity index (χ0n) is 13.8. The van der Waals surface area contributed by atoms with E-state index in [9.17, 15) is 4.79 Å². The molecule has 22 heavy (non-hydrogen) atoms. The van der Waals surface area contributed by atoms with E-state index in [0.29, 0.717) is 18.4 Å². The molecule has 1 unspecified atom stereocenters. The Morgan fingerprint density at radius 3 is 2.82 bits per heavy atom. The van der Waals surface area contributed by atoms with E-state index in [1.807, 2.05) is 20.8 Å². The molecule has 1 aromatic heterocycles. The first-order valence-electron chi connectivity index (χ1n) is 7.86. The highest BCUT2D eigenvalue weighted by Gasteiger charge is 2.43. The molecular formula is C16H26N4O2. The average Bonchev–Trinajstić information content (AvgIpc) is 3.23. The van der Waals surface area contributed by atoms with E-state index < -0.39 is 5.54 Å². The lowest BCUT2D eigenvalue weighted by Gasteiger charge is -2.26. The Hall–Kier alpha value is -1.69. The van der Waals surface area contributed by atoms with Crippen LogP contribution in [0.5, 0.6) is 5.88 Å². The first-order valence-corrected chi connectivity index (χ1v) is 7.86. The number of nitrogens with zero attached hydrogens (tertiary/aromatic N) is 2. The molecule has 1 saturated carbocycles. The Balaban J connectivity index is 1.79. The minimum absolute atomic E-state index is 0.118. The predicted molar refractivity (Wildman–Crippen MR) is 84.6 cm³/mol. The van der Waals surface area contributed by atoms with Crippen LogP contribution in [-0.2, 0) is 4.79 Å². The summed E-state index contributed by atoms with van der Waals surface area (Å²) in [5, 5.41) is 6.37. The zero-order valence-corrected chi connectivity index (χ0v) is 13.8. The molecule has 2 atom stereocenters. The normalized spacial score (nSPS) is 20.5. The molecule has 2 N–H and O–H groups in total. The first kappa shape index (κ1) is 16.7. The number of nitrogens with one attached hydrogen (secondary N) is 2. The summed E-state index contributed by atoms with van der Waals surface area (Å²) < 4.78 is 5.69. The third kappa shape index (κ3) is 4.66. The van der Waals surface area contributed by atoms with Crippen molar-refractivity contribution in [3.63, 3.8) is 0 Å². The maximum atomic E-state index is 12.3. The van der Waals surface area contributed by atoms with Crippen molar-refractivity contribution in [3.05, 3.63) is 18.1 Å². The molecule has 0 aromatic carbocycles. The largest absolute Gasteiger partial charge is 0.474 e. The van der Waals surface area contributed by atoms with Crippen LogP contribution in [0, 0.1) is 18.8 Å². The summed E-state index contributed by atoms with van der Waals surface area (Å²) in [4.78, 5) is 20.5. The Kier molecular flexibility index (Phi) is 5.34. The fraction of sp³-hybridized carbons (Fsp3) is 0.688. The monoisotopic (exact) mass is 306 g/mol. The molecule has 0 spiro atoms. The fourth-order valence-electron chi connectivity index (χ4n) is 2.37. The number of carbonyl (C=O) groups excluding carboxylic acids is 1. The number of amides is 1. The summed E-state index contributed by atoms with van der Waals surface area (Å²) in [5.41, 5.74) is 0.310. The number of carbonyl (C=O) groups is 1. The molecule has 6 nitrogen and oxygen atoms in total. The molecule has 0 radical (unpaired) electrons. The van der Waals surface area contributed by atoms with Crippen molar-refractivity contribution in [1.82, 2.24) is 20.6 Å². The topological polar surface area (TPSA) is 76.1 Å². The fourth-order valence-corrected chi connectivity index (χ4v) is 2.37. The van der Waals surface area contributed by atoms with Crippen molar-refractivity contribution >= 4 is 5.91 Å². The Bertz CT molecular complexity index is 519. The van der Waals surface area contributed by atoms with Gasteiger partial charge >= 0.3 is 0 Å². The molecule has 1 heterocycles. The van der Waals surface area contributed by atoms with Gasteiger partial charge in [-0.1, -0.05) is 6.92 Å². The molecule has 1 amide bonds. The molecule has 1 aliphatic rings. The molecule has 0 aliphatic heterocycles. The van der Waals surface area contributed by atoms with Crippen LogP contribution in [0.4, 0.5) is 0 Å². The summed E-state index contributed by atoms with van der Waals surface area (Å²) in [6, 6.07) is 0. The van der Waals surface area contributed by atoms with Gasteiger partial charge in [-0.15, -0.1) is 0 Å². The number of ether oxygens (including phenoxy) is 1. The Morgan fingerprint density at radius 1 is 1.41 bits per heavy atom. The first-order chi connectivity index (χ1) is 10.4. The van der Waals surface area contributed by atoms with Gasteiger partial charge in [0.2, 0.25) is 11.8 Å². The maximum absolute atomic E-state index is 12.3. The van der Waals surface area contributed by atoms with Gasteiger partial charge in [0, 0.05) is 18.3 Å². The van der Waals surface area contributed by atoms with E-state index in [1.165, 1.54) is 0 Å². The van der Waals surface area contributed by atoms with Gasteiger partial charge < -0.3 is 15.4 Å². The minimum Gasteiger partial charge on any atom is -0.474 e. The summed E-state index contributed by atoms with van der Waals surface area (Å²) >= 11 is 0. The van der Waals surface area contributed by atoms with E-state index in [0.717, 1.165) is 25.2 Å². The van der Waals surface area contributed by atoms with Crippen LogP contribution in [0.25, 0.3) is 0 Å². The summed E-state index contributed by atoms with van der Waals surface area (Å²) in [6.07, 6.45) is 4.20. The zero-order chi connectivity index (χ0) is 16.2. The van der Waals surface area contributed by atoms with Crippen LogP contribution >= 0.6 is 0 Å². The van der Waals surface area contributed by atoms with Crippen molar-refractivity contribution in [1.29, 1.82) is 0 Å². The smallest absolute Gasteiger partial charge is 0.235 e. The van der Waals surface area contributed by atoms with Gasteiger partial charge in [-0.05, 0) is 46.2 Å². The second kappa shape index (κ2) is 7.05. The number of hydrogen-bond acceptors (Lipinski definition) is 5. The highest BCUT2D eigenvalue weighted by molar-refractivity contribution is 5.82. The second-order valence-electron chi connectivity index (χ2n) is 6.52. The third-order valence-corrected chi connectivity index (χ3v) is 3.78. The summed E-state index contributed by atoms with van der Waals surface area (Å²) in [5.74, 6) is 1.24. The Morgan fingerprint density at radius 2 is 2.14 bits per heavy atom. The molecule has 1 aromatic rings. The van der Waals surface area contributed by atoms with Gasteiger partial charge in [-0.3, -0.25) is 9.78 Å². The average molecular weight is 306 g/mol. The second-order valence-corrected chi connectivity index (χ2v) is 6.52. The SMILES string of the molecule is CCNCC1C[C@@H]1C(=O)NC(C)(C)COc1nccnc1C. The molecule has 0 saturated heterocycles. The molecule has 2 rings (SSSR count). The lowest BCUT2D eigenvalue weighted by molar-refractivity contribution is -0.124. The number of rotatable bonds is 8. The minimum atomic E-state index is -0.438. The van der Waals surface area contributed by atoms with Crippen LogP contribution < -0.4 is 15.4 Å². The van der Waals surface area contributed by atoms with Crippen LogP contribution in [0.2, 0.25) is 0 Å². The molecule has 0 bridgehead atoms. The molecule has 6 heteroatoms. The van der Waals surface area contributed by atoms with Crippen LogP contribution in [-0.4, -0.2) is 41.1 Å². The van der Waals surface area contributed by atoms with Crippen LogP contribution in [0.1, 0.15) is 32.9 Å². The highest BCUT2D eigenvalue weighted by Crippen LogP contribution is 2.38. The van der Waals surface area contributed by atoms with Crippen molar-refractivity contribution in [3.8, 4) is 5.88 Å². The number of aromatic nitrogens is 2. The lowest BCUT2D eigenvalue weighted by Crippen LogP contribution is -2.48. The highest BCUT2D eigenvalue weighted by atomic mass is 16.5. The van der Waals surface area contributed by atoms with Crippen molar-refractivity contribution < 1.29 is 9.53 Å². The molecule has 1 fully saturated rings. The van der Waals surface area contributed by atoms with Gasteiger partial charge in [0.15, 0.2) is 0 Å². The number of hydrogen-bond donors (Lipinski definition) is 2. The van der Waals surface area contributed by atoms with Gasteiger partial charge in [0.05, 0.1) is 11.2 Å².